The van der Waals surface area contributed by atoms with Gasteiger partial charge in [-0.15, -0.1) is 0 Å². The normalized spacial score (nSPS) is 10.2. The Morgan fingerprint density at radius 2 is 1.91 bits per heavy atom. The van der Waals surface area contributed by atoms with Crippen LogP contribution in [0, 0.1) is 0 Å². The maximum absolute atomic E-state index is 12.0. The van der Waals surface area contributed by atoms with Crippen molar-refractivity contribution in [1.29, 1.82) is 0 Å². The van der Waals surface area contributed by atoms with Gasteiger partial charge in [0, 0.05) is 19.2 Å². The molecule has 1 N–H and O–H groups in total. The molecule has 22 heavy (non-hydrogen) atoms. The fourth-order valence-electron chi connectivity index (χ4n) is 2.05. The van der Waals surface area contributed by atoms with Crippen molar-refractivity contribution in [1.82, 2.24) is 5.32 Å². The largest absolute Gasteiger partial charge is 0.494 e. The second-order valence-corrected chi connectivity index (χ2v) is 4.90. The molecule has 116 valence electrons. The molecule has 2 rings (SSSR count). The number of benzene rings is 2. The van der Waals surface area contributed by atoms with Gasteiger partial charge in [0.25, 0.3) is 5.91 Å². The third-order valence-electron chi connectivity index (χ3n) is 3.12. The van der Waals surface area contributed by atoms with Gasteiger partial charge in [-0.25, -0.2) is 0 Å². The first-order valence-electron chi connectivity index (χ1n) is 7.33. The highest BCUT2D eigenvalue weighted by molar-refractivity contribution is 5.94. The minimum Gasteiger partial charge on any atom is -0.494 e. The Kier molecular flexibility index (Phi) is 6.45. The maximum atomic E-state index is 12.0. The van der Waals surface area contributed by atoms with Crippen LogP contribution in [0.1, 0.15) is 22.3 Å². The molecule has 4 nitrogen and oxygen atoms in total. The van der Waals surface area contributed by atoms with Crippen LogP contribution in [0.4, 0.5) is 0 Å². The van der Waals surface area contributed by atoms with Crippen molar-refractivity contribution in [3.63, 3.8) is 0 Å². The van der Waals surface area contributed by atoms with Crippen LogP contribution in [0.5, 0.6) is 5.75 Å². The number of rotatable bonds is 8. The molecular formula is C18H21NO3. The number of ether oxygens (including phenoxy) is 2. The molecular weight excluding hydrogens is 278 g/mol. The van der Waals surface area contributed by atoms with Gasteiger partial charge in [0.15, 0.2) is 0 Å². The topological polar surface area (TPSA) is 47.6 Å². The molecule has 0 atom stereocenters. The van der Waals surface area contributed by atoms with Gasteiger partial charge in [-0.1, -0.05) is 30.3 Å². The van der Waals surface area contributed by atoms with E-state index in [1.54, 1.807) is 13.2 Å². The van der Waals surface area contributed by atoms with Crippen molar-refractivity contribution in [3.8, 4) is 5.75 Å². The molecule has 0 aliphatic heterocycles. The van der Waals surface area contributed by atoms with Crippen LogP contribution >= 0.6 is 0 Å². The molecule has 0 saturated heterocycles. The molecule has 0 aliphatic rings. The third kappa shape index (κ3) is 5.22. The van der Waals surface area contributed by atoms with E-state index in [2.05, 4.69) is 5.32 Å². The summed E-state index contributed by atoms with van der Waals surface area (Å²) in [5.74, 6) is 0.777. The molecule has 0 heterocycles. The lowest BCUT2D eigenvalue weighted by Crippen LogP contribution is -2.25. The van der Waals surface area contributed by atoms with E-state index in [1.807, 2.05) is 48.5 Å². The van der Waals surface area contributed by atoms with Gasteiger partial charge in [0.2, 0.25) is 0 Å². The van der Waals surface area contributed by atoms with E-state index in [4.69, 9.17) is 9.47 Å². The summed E-state index contributed by atoms with van der Waals surface area (Å²) in [6, 6.07) is 17.1. The molecule has 0 radical (unpaired) electrons. The number of para-hydroxylation sites is 1. The van der Waals surface area contributed by atoms with E-state index in [0.717, 1.165) is 17.7 Å². The van der Waals surface area contributed by atoms with Crippen molar-refractivity contribution in [2.45, 2.75) is 13.0 Å². The summed E-state index contributed by atoms with van der Waals surface area (Å²) < 4.78 is 10.6. The molecule has 2 aromatic carbocycles. The maximum Gasteiger partial charge on any atom is 0.251 e. The van der Waals surface area contributed by atoms with Gasteiger partial charge in [-0.2, -0.15) is 0 Å². The third-order valence-corrected chi connectivity index (χ3v) is 3.12. The quantitative estimate of drug-likeness (QED) is 0.762. The van der Waals surface area contributed by atoms with Crippen LogP contribution in [-0.4, -0.2) is 26.2 Å². The zero-order chi connectivity index (χ0) is 15.6. The summed E-state index contributed by atoms with van der Waals surface area (Å²) in [6.07, 6.45) is 0.762. The van der Waals surface area contributed by atoms with Crippen LogP contribution in [0.3, 0.4) is 0 Å². The van der Waals surface area contributed by atoms with E-state index in [-0.39, 0.29) is 5.91 Å². The summed E-state index contributed by atoms with van der Waals surface area (Å²) in [4.78, 5) is 12.0. The Balaban J connectivity index is 1.70. The standard InChI is InChI=1S/C18H21NO3/c1-21-14-15-7-5-8-16(13-15)18(20)19-11-6-12-22-17-9-3-2-4-10-17/h2-5,7-10,13H,6,11-12,14H2,1H3,(H,19,20). The Morgan fingerprint density at radius 1 is 1.09 bits per heavy atom. The van der Waals surface area contributed by atoms with Crippen LogP contribution in [0.25, 0.3) is 0 Å². The summed E-state index contributed by atoms with van der Waals surface area (Å²) in [5, 5.41) is 2.89. The van der Waals surface area contributed by atoms with Crippen molar-refractivity contribution in [2.24, 2.45) is 0 Å². The van der Waals surface area contributed by atoms with Gasteiger partial charge in [-0.3, -0.25) is 4.79 Å². The first-order valence-corrected chi connectivity index (χ1v) is 7.33. The lowest BCUT2D eigenvalue weighted by atomic mass is 10.1. The fourth-order valence-corrected chi connectivity index (χ4v) is 2.05. The first kappa shape index (κ1) is 16.0. The predicted molar refractivity (Wildman–Crippen MR) is 86.0 cm³/mol. The highest BCUT2D eigenvalue weighted by Crippen LogP contribution is 2.08. The minimum atomic E-state index is -0.0716. The molecule has 0 unspecified atom stereocenters. The highest BCUT2D eigenvalue weighted by atomic mass is 16.5. The second kappa shape index (κ2) is 8.85. The highest BCUT2D eigenvalue weighted by Gasteiger charge is 2.05. The van der Waals surface area contributed by atoms with Crippen molar-refractivity contribution >= 4 is 5.91 Å². The van der Waals surface area contributed by atoms with E-state index < -0.39 is 0 Å². The van der Waals surface area contributed by atoms with E-state index in [1.165, 1.54) is 0 Å². The summed E-state index contributed by atoms with van der Waals surface area (Å²) in [6.45, 7) is 1.67. The number of methoxy groups -OCH3 is 1. The number of amides is 1. The molecule has 0 fully saturated rings. The predicted octanol–water partition coefficient (Wildman–Crippen LogP) is 3.03. The SMILES string of the molecule is COCc1cccc(C(=O)NCCCOc2ccccc2)c1. The Hall–Kier alpha value is -2.33. The van der Waals surface area contributed by atoms with Crippen molar-refractivity contribution in [2.75, 3.05) is 20.3 Å². The molecule has 0 spiro atoms. The monoisotopic (exact) mass is 299 g/mol. The van der Waals surface area contributed by atoms with Gasteiger partial charge in [-0.05, 0) is 36.2 Å². The van der Waals surface area contributed by atoms with Crippen molar-refractivity contribution < 1.29 is 14.3 Å². The Labute approximate surface area is 131 Å². The summed E-state index contributed by atoms with van der Waals surface area (Å²) in [7, 11) is 1.64. The molecule has 0 bridgehead atoms. The van der Waals surface area contributed by atoms with Gasteiger partial charge in [0.05, 0.1) is 13.2 Å². The van der Waals surface area contributed by atoms with Crippen molar-refractivity contribution in [3.05, 3.63) is 65.7 Å². The zero-order valence-corrected chi connectivity index (χ0v) is 12.7. The number of carbonyl (C=O) groups excluding carboxylic acids is 1. The second-order valence-electron chi connectivity index (χ2n) is 4.90. The molecule has 0 aromatic heterocycles. The summed E-state index contributed by atoms with van der Waals surface area (Å²) >= 11 is 0. The lowest BCUT2D eigenvalue weighted by Gasteiger charge is -2.08. The number of carbonyl (C=O) groups is 1. The van der Waals surface area contributed by atoms with Gasteiger partial charge < -0.3 is 14.8 Å². The van der Waals surface area contributed by atoms with E-state index >= 15 is 0 Å². The fraction of sp³-hybridized carbons (Fsp3) is 0.278. The van der Waals surface area contributed by atoms with E-state index in [0.29, 0.717) is 25.3 Å². The Bertz CT molecular complexity index is 584. The van der Waals surface area contributed by atoms with Crippen LogP contribution in [0.15, 0.2) is 54.6 Å². The van der Waals surface area contributed by atoms with E-state index in [9.17, 15) is 4.79 Å². The number of nitrogens with one attached hydrogen (secondary N) is 1. The molecule has 1 amide bonds. The lowest BCUT2D eigenvalue weighted by molar-refractivity contribution is 0.0951. The molecule has 0 aliphatic carbocycles. The average Bonchev–Trinajstić information content (AvgIpc) is 2.56. The zero-order valence-electron chi connectivity index (χ0n) is 12.7. The number of hydrogen-bond acceptors (Lipinski definition) is 3. The number of hydrogen-bond donors (Lipinski definition) is 1. The minimum absolute atomic E-state index is 0.0716. The molecule has 4 heteroatoms. The van der Waals surface area contributed by atoms with Crippen LogP contribution in [0.2, 0.25) is 0 Å². The molecule has 2 aromatic rings. The summed E-state index contributed by atoms with van der Waals surface area (Å²) in [5.41, 5.74) is 1.64. The van der Waals surface area contributed by atoms with Gasteiger partial charge in [0.1, 0.15) is 5.75 Å². The molecule has 0 saturated carbocycles. The smallest absolute Gasteiger partial charge is 0.251 e. The Morgan fingerprint density at radius 3 is 2.68 bits per heavy atom. The van der Waals surface area contributed by atoms with Crippen LogP contribution < -0.4 is 10.1 Å². The van der Waals surface area contributed by atoms with Crippen LogP contribution in [-0.2, 0) is 11.3 Å². The first-order chi connectivity index (χ1) is 10.8. The van der Waals surface area contributed by atoms with Gasteiger partial charge >= 0.3 is 0 Å². The average molecular weight is 299 g/mol.